The maximum atomic E-state index is 5.42. The van der Waals surface area contributed by atoms with E-state index in [0.29, 0.717) is 6.10 Å². The van der Waals surface area contributed by atoms with E-state index in [4.69, 9.17) is 4.74 Å². The molecule has 0 saturated carbocycles. The van der Waals surface area contributed by atoms with Crippen LogP contribution in [0.1, 0.15) is 26.7 Å². The minimum absolute atomic E-state index is 0.149. The van der Waals surface area contributed by atoms with Gasteiger partial charge >= 0.3 is 0 Å². The molecule has 0 aromatic carbocycles. The highest BCUT2D eigenvalue weighted by Gasteiger charge is 2.49. The topological polar surface area (TPSA) is 12.5 Å². The van der Waals surface area contributed by atoms with Gasteiger partial charge in [-0.2, -0.15) is 0 Å². The van der Waals surface area contributed by atoms with Crippen LogP contribution in [0.2, 0.25) is 0 Å². The highest BCUT2D eigenvalue weighted by molar-refractivity contribution is 5.01. The molecule has 1 rings (SSSR count). The maximum absolute atomic E-state index is 5.42. The van der Waals surface area contributed by atoms with Gasteiger partial charge in [-0.1, -0.05) is 13.0 Å². The summed E-state index contributed by atoms with van der Waals surface area (Å²) in [6.45, 7) is 7.97. The molecule has 1 fully saturated rings. The van der Waals surface area contributed by atoms with Crippen molar-refractivity contribution in [3.05, 3.63) is 12.7 Å². The van der Waals surface area contributed by atoms with Gasteiger partial charge in [-0.05, 0) is 19.8 Å². The molecule has 0 aromatic heterocycles. The van der Waals surface area contributed by atoms with Crippen molar-refractivity contribution in [1.29, 1.82) is 0 Å². The smallest absolute Gasteiger partial charge is 0.0954 e. The van der Waals surface area contributed by atoms with Crippen molar-refractivity contribution in [2.24, 2.45) is 0 Å². The van der Waals surface area contributed by atoms with E-state index in [9.17, 15) is 0 Å². The number of hydrogen-bond acceptors (Lipinski definition) is 1. The summed E-state index contributed by atoms with van der Waals surface area (Å²) in [4.78, 5) is 0. The first-order valence-electron chi connectivity index (χ1n) is 3.51. The van der Waals surface area contributed by atoms with Gasteiger partial charge in [0.15, 0.2) is 0 Å². The molecule has 0 aromatic rings. The Morgan fingerprint density at radius 3 is 2.78 bits per heavy atom. The van der Waals surface area contributed by atoms with Crippen molar-refractivity contribution in [1.82, 2.24) is 0 Å². The zero-order valence-corrected chi connectivity index (χ0v) is 6.18. The molecule has 1 saturated heterocycles. The van der Waals surface area contributed by atoms with Crippen LogP contribution in [0.3, 0.4) is 0 Å². The lowest BCUT2D eigenvalue weighted by atomic mass is 10.0. The van der Waals surface area contributed by atoms with Crippen LogP contribution >= 0.6 is 0 Å². The molecular formula is C8H14O. The Labute approximate surface area is 56.7 Å². The largest absolute Gasteiger partial charge is 0.366 e. The second-order valence-electron chi connectivity index (χ2n) is 2.82. The average Bonchev–Trinajstić information content (AvgIpc) is 2.43. The summed E-state index contributed by atoms with van der Waals surface area (Å²) in [5, 5.41) is 0. The zero-order valence-electron chi connectivity index (χ0n) is 6.18. The van der Waals surface area contributed by atoms with Crippen LogP contribution in [0.4, 0.5) is 0 Å². The summed E-state index contributed by atoms with van der Waals surface area (Å²) in [5.74, 6) is 0. The molecule has 0 amide bonds. The van der Waals surface area contributed by atoms with Crippen molar-refractivity contribution in [2.75, 3.05) is 0 Å². The van der Waals surface area contributed by atoms with E-state index in [1.54, 1.807) is 0 Å². The average molecular weight is 126 g/mol. The second-order valence-corrected chi connectivity index (χ2v) is 2.82. The number of rotatable bonds is 3. The Hall–Kier alpha value is -0.300. The third-order valence-electron chi connectivity index (χ3n) is 1.96. The van der Waals surface area contributed by atoms with Crippen molar-refractivity contribution in [2.45, 2.75) is 38.4 Å². The van der Waals surface area contributed by atoms with Gasteiger partial charge in [-0.3, -0.25) is 0 Å². The lowest BCUT2D eigenvalue weighted by Crippen LogP contribution is -2.06. The van der Waals surface area contributed by atoms with Gasteiger partial charge in [0.25, 0.3) is 0 Å². The fourth-order valence-corrected chi connectivity index (χ4v) is 1.27. The van der Waals surface area contributed by atoms with E-state index in [0.717, 1.165) is 12.8 Å². The Kier molecular flexibility index (Phi) is 1.62. The summed E-state index contributed by atoms with van der Waals surface area (Å²) in [7, 11) is 0. The molecule has 1 aliphatic heterocycles. The molecule has 0 N–H and O–H groups in total. The first-order valence-corrected chi connectivity index (χ1v) is 3.51. The molecule has 0 spiro atoms. The second kappa shape index (κ2) is 2.14. The van der Waals surface area contributed by atoms with Crippen LogP contribution in [0.15, 0.2) is 12.7 Å². The van der Waals surface area contributed by atoms with Crippen molar-refractivity contribution in [3.63, 3.8) is 0 Å². The standard InChI is InChI=1S/C8H14O/c1-4-6-8(3)7(5-2)9-8/h4,7H,1,5-6H2,2-3H3. The van der Waals surface area contributed by atoms with Crippen molar-refractivity contribution in [3.8, 4) is 0 Å². The van der Waals surface area contributed by atoms with E-state index in [-0.39, 0.29) is 5.60 Å². The first kappa shape index (κ1) is 6.81. The molecule has 1 heteroatoms. The Balaban J connectivity index is 2.32. The monoisotopic (exact) mass is 126 g/mol. The summed E-state index contributed by atoms with van der Waals surface area (Å²) in [6.07, 6.45) is 4.54. The van der Waals surface area contributed by atoms with E-state index >= 15 is 0 Å². The van der Waals surface area contributed by atoms with Gasteiger partial charge in [0, 0.05) is 0 Å². The van der Waals surface area contributed by atoms with Crippen molar-refractivity contribution < 1.29 is 4.74 Å². The number of epoxide rings is 1. The fraction of sp³-hybridized carbons (Fsp3) is 0.750. The van der Waals surface area contributed by atoms with Crippen LogP contribution < -0.4 is 0 Å². The molecule has 2 atom stereocenters. The van der Waals surface area contributed by atoms with Gasteiger partial charge in [-0.15, -0.1) is 6.58 Å². The third kappa shape index (κ3) is 1.16. The Bertz CT molecular complexity index is 120. The summed E-state index contributed by atoms with van der Waals surface area (Å²) >= 11 is 0. The van der Waals surface area contributed by atoms with Gasteiger partial charge in [0.1, 0.15) is 0 Å². The van der Waals surface area contributed by atoms with Crippen LogP contribution in [0, 0.1) is 0 Å². The molecule has 2 unspecified atom stereocenters. The SMILES string of the molecule is C=CCC1(C)OC1CC. The molecule has 1 heterocycles. The van der Waals surface area contributed by atoms with E-state index in [1.165, 1.54) is 0 Å². The van der Waals surface area contributed by atoms with E-state index in [1.807, 2.05) is 6.08 Å². The van der Waals surface area contributed by atoms with Crippen LogP contribution in [0.25, 0.3) is 0 Å². The summed E-state index contributed by atoms with van der Waals surface area (Å²) < 4.78 is 5.42. The minimum atomic E-state index is 0.149. The van der Waals surface area contributed by atoms with Crippen molar-refractivity contribution >= 4 is 0 Å². The maximum Gasteiger partial charge on any atom is 0.0954 e. The molecule has 9 heavy (non-hydrogen) atoms. The molecular weight excluding hydrogens is 112 g/mol. The lowest BCUT2D eigenvalue weighted by molar-refractivity contribution is 0.308. The molecule has 1 aliphatic rings. The lowest BCUT2D eigenvalue weighted by Gasteiger charge is -1.97. The van der Waals surface area contributed by atoms with Crippen LogP contribution in [-0.4, -0.2) is 11.7 Å². The molecule has 52 valence electrons. The molecule has 1 nitrogen and oxygen atoms in total. The number of ether oxygens (including phenoxy) is 1. The van der Waals surface area contributed by atoms with E-state index < -0.39 is 0 Å². The van der Waals surface area contributed by atoms with Gasteiger partial charge < -0.3 is 4.74 Å². The van der Waals surface area contributed by atoms with E-state index in [2.05, 4.69) is 20.4 Å². The minimum Gasteiger partial charge on any atom is -0.366 e. The Morgan fingerprint density at radius 2 is 2.44 bits per heavy atom. The zero-order chi connectivity index (χ0) is 6.91. The summed E-state index contributed by atoms with van der Waals surface area (Å²) in [6, 6.07) is 0. The van der Waals surface area contributed by atoms with Gasteiger partial charge in [0.05, 0.1) is 11.7 Å². The third-order valence-corrected chi connectivity index (χ3v) is 1.96. The quantitative estimate of drug-likeness (QED) is 0.417. The van der Waals surface area contributed by atoms with Gasteiger partial charge in [0.2, 0.25) is 0 Å². The normalized spacial score (nSPS) is 40.4. The molecule has 0 bridgehead atoms. The highest BCUT2D eigenvalue weighted by atomic mass is 16.6. The van der Waals surface area contributed by atoms with Gasteiger partial charge in [-0.25, -0.2) is 0 Å². The molecule has 0 aliphatic carbocycles. The predicted molar refractivity (Wildman–Crippen MR) is 38.4 cm³/mol. The van der Waals surface area contributed by atoms with Crippen LogP contribution in [-0.2, 0) is 4.74 Å². The van der Waals surface area contributed by atoms with Crippen LogP contribution in [0.5, 0.6) is 0 Å². The fourth-order valence-electron chi connectivity index (χ4n) is 1.27. The summed E-state index contributed by atoms with van der Waals surface area (Å²) in [5.41, 5.74) is 0.149. The highest BCUT2D eigenvalue weighted by Crippen LogP contribution is 2.41. The molecule has 0 radical (unpaired) electrons. The number of hydrogen-bond donors (Lipinski definition) is 0. The predicted octanol–water partition coefficient (Wildman–Crippen LogP) is 2.13. The Morgan fingerprint density at radius 1 is 1.78 bits per heavy atom. The first-order chi connectivity index (χ1) is 4.23.